The third-order valence-corrected chi connectivity index (χ3v) is 3.19. The number of rotatable bonds is 2. The Kier molecular flexibility index (Phi) is 3.17. The van der Waals surface area contributed by atoms with Gasteiger partial charge in [-0.1, -0.05) is 20.8 Å². The average Bonchev–Trinajstić information content (AvgIpc) is 2.32. The van der Waals surface area contributed by atoms with Crippen molar-refractivity contribution in [2.24, 2.45) is 23.5 Å². The molecule has 3 nitrogen and oxygen atoms in total. The maximum Gasteiger partial charge on any atom is 0.312 e. The lowest BCUT2D eigenvalue weighted by molar-refractivity contribution is 0.230. The fourth-order valence-electron chi connectivity index (χ4n) is 2.40. The molecule has 3 unspecified atom stereocenters. The Morgan fingerprint density at radius 1 is 1.46 bits per heavy atom. The Hall–Kier alpha value is -0.730. The lowest BCUT2D eigenvalue weighted by Gasteiger charge is -2.26. The summed E-state index contributed by atoms with van der Waals surface area (Å²) >= 11 is 0. The molecule has 1 aliphatic rings. The van der Waals surface area contributed by atoms with Crippen LogP contribution in [0.1, 0.15) is 33.6 Å². The number of carbonyl (C=O) groups excluding carboxylic acids is 1. The zero-order valence-corrected chi connectivity index (χ0v) is 8.71. The number of hydrogen-bond acceptors (Lipinski definition) is 1. The maximum absolute atomic E-state index is 10.8. The van der Waals surface area contributed by atoms with E-state index < -0.39 is 0 Å². The summed E-state index contributed by atoms with van der Waals surface area (Å²) in [6.45, 7) is 6.60. The summed E-state index contributed by atoms with van der Waals surface area (Å²) in [6, 6.07) is -0.0955. The highest BCUT2D eigenvalue weighted by molar-refractivity contribution is 5.72. The molecule has 3 heteroatoms. The van der Waals surface area contributed by atoms with Gasteiger partial charge in [-0.25, -0.2) is 4.79 Å². The molecule has 0 aromatic rings. The summed E-state index contributed by atoms with van der Waals surface area (Å²) in [5, 5.41) is 2.86. The van der Waals surface area contributed by atoms with E-state index >= 15 is 0 Å². The van der Waals surface area contributed by atoms with Gasteiger partial charge in [0.15, 0.2) is 0 Å². The van der Waals surface area contributed by atoms with E-state index in [0.717, 1.165) is 0 Å². The van der Waals surface area contributed by atoms with E-state index in [9.17, 15) is 4.79 Å². The van der Waals surface area contributed by atoms with Crippen LogP contribution >= 0.6 is 0 Å². The molecule has 0 radical (unpaired) electrons. The molecule has 3 N–H and O–H groups in total. The van der Waals surface area contributed by atoms with Gasteiger partial charge in [0.2, 0.25) is 0 Å². The molecule has 1 fully saturated rings. The van der Waals surface area contributed by atoms with Crippen LogP contribution in [0.2, 0.25) is 0 Å². The normalized spacial score (nSPS) is 33.7. The first-order valence-electron chi connectivity index (χ1n) is 5.08. The molecular formula is C10H20N2O. The summed E-state index contributed by atoms with van der Waals surface area (Å²) in [7, 11) is 0. The topological polar surface area (TPSA) is 55.1 Å². The first-order chi connectivity index (χ1) is 6.02. The van der Waals surface area contributed by atoms with E-state index in [1.165, 1.54) is 12.8 Å². The van der Waals surface area contributed by atoms with E-state index in [1.54, 1.807) is 0 Å². The Morgan fingerprint density at radius 3 is 2.54 bits per heavy atom. The standard InChI is InChI=1S/C10H20N2O/c1-6(2)8-5-4-7(3)9(8)12-10(11)13/h6-9H,4-5H2,1-3H3,(H3,11,12,13). The van der Waals surface area contributed by atoms with Crippen LogP contribution < -0.4 is 11.1 Å². The number of amides is 2. The van der Waals surface area contributed by atoms with E-state index in [1.807, 2.05) is 0 Å². The highest BCUT2D eigenvalue weighted by Crippen LogP contribution is 2.35. The van der Waals surface area contributed by atoms with Crippen LogP contribution in [0.5, 0.6) is 0 Å². The zero-order chi connectivity index (χ0) is 10.0. The quantitative estimate of drug-likeness (QED) is 0.674. The predicted octanol–water partition coefficient (Wildman–Crippen LogP) is 1.73. The average molecular weight is 184 g/mol. The van der Waals surface area contributed by atoms with E-state index in [2.05, 4.69) is 26.1 Å². The summed E-state index contributed by atoms with van der Waals surface area (Å²) in [5.74, 6) is 1.80. The minimum Gasteiger partial charge on any atom is -0.352 e. The third kappa shape index (κ3) is 2.36. The highest BCUT2D eigenvalue weighted by Gasteiger charge is 2.35. The summed E-state index contributed by atoms with van der Waals surface area (Å²) in [6.07, 6.45) is 2.41. The van der Waals surface area contributed by atoms with Crippen LogP contribution in [-0.4, -0.2) is 12.1 Å². The fourth-order valence-corrected chi connectivity index (χ4v) is 2.40. The number of nitrogens with one attached hydrogen (secondary N) is 1. The van der Waals surface area contributed by atoms with Crippen molar-refractivity contribution in [2.45, 2.75) is 39.7 Å². The van der Waals surface area contributed by atoms with Gasteiger partial charge < -0.3 is 11.1 Å². The zero-order valence-electron chi connectivity index (χ0n) is 8.71. The van der Waals surface area contributed by atoms with Gasteiger partial charge in [0.05, 0.1) is 0 Å². The maximum atomic E-state index is 10.8. The van der Waals surface area contributed by atoms with Crippen LogP contribution in [0.3, 0.4) is 0 Å². The molecule has 0 bridgehead atoms. The lowest BCUT2D eigenvalue weighted by atomic mass is 9.89. The van der Waals surface area contributed by atoms with Gasteiger partial charge in [0.1, 0.15) is 0 Å². The monoisotopic (exact) mass is 184 g/mol. The molecular weight excluding hydrogens is 164 g/mol. The second kappa shape index (κ2) is 3.99. The molecule has 2 amide bonds. The van der Waals surface area contributed by atoms with Crippen molar-refractivity contribution >= 4 is 6.03 Å². The SMILES string of the molecule is CC(C)C1CCC(C)C1NC(N)=O. The molecule has 13 heavy (non-hydrogen) atoms. The van der Waals surface area contributed by atoms with E-state index in [0.29, 0.717) is 17.8 Å². The molecule has 0 aliphatic heterocycles. The molecule has 3 atom stereocenters. The first kappa shape index (κ1) is 10.4. The van der Waals surface area contributed by atoms with Crippen molar-refractivity contribution in [2.75, 3.05) is 0 Å². The molecule has 1 saturated carbocycles. The number of carbonyl (C=O) groups is 1. The largest absolute Gasteiger partial charge is 0.352 e. The highest BCUT2D eigenvalue weighted by atomic mass is 16.2. The van der Waals surface area contributed by atoms with Crippen LogP contribution in [0.25, 0.3) is 0 Å². The van der Waals surface area contributed by atoms with Crippen molar-refractivity contribution in [3.8, 4) is 0 Å². The van der Waals surface area contributed by atoms with E-state index in [4.69, 9.17) is 5.73 Å². The van der Waals surface area contributed by atoms with Crippen molar-refractivity contribution in [3.05, 3.63) is 0 Å². The Bertz CT molecular complexity index is 191. The van der Waals surface area contributed by atoms with Gasteiger partial charge in [0, 0.05) is 6.04 Å². The Morgan fingerprint density at radius 2 is 2.08 bits per heavy atom. The Labute approximate surface area is 80.1 Å². The molecule has 1 aliphatic carbocycles. The summed E-state index contributed by atoms with van der Waals surface area (Å²) < 4.78 is 0. The molecule has 0 saturated heterocycles. The van der Waals surface area contributed by atoms with E-state index in [-0.39, 0.29) is 12.1 Å². The number of urea groups is 1. The van der Waals surface area contributed by atoms with Crippen LogP contribution in [-0.2, 0) is 0 Å². The van der Waals surface area contributed by atoms with Gasteiger partial charge in [-0.3, -0.25) is 0 Å². The van der Waals surface area contributed by atoms with Gasteiger partial charge in [-0.2, -0.15) is 0 Å². The molecule has 0 heterocycles. The summed E-state index contributed by atoms with van der Waals surface area (Å²) in [4.78, 5) is 10.8. The predicted molar refractivity (Wildman–Crippen MR) is 53.2 cm³/mol. The molecule has 1 rings (SSSR count). The van der Waals surface area contributed by atoms with Gasteiger partial charge in [-0.15, -0.1) is 0 Å². The third-order valence-electron chi connectivity index (χ3n) is 3.19. The van der Waals surface area contributed by atoms with Gasteiger partial charge in [-0.05, 0) is 30.6 Å². The second-order valence-electron chi connectivity index (χ2n) is 4.50. The van der Waals surface area contributed by atoms with Crippen molar-refractivity contribution in [3.63, 3.8) is 0 Å². The van der Waals surface area contributed by atoms with Crippen LogP contribution in [0.4, 0.5) is 4.79 Å². The molecule has 0 aromatic carbocycles. The van der Waals surface area contributed by atoms with Gasteiger partial charge in [0.25, 0.3) is 0 Å². The van der Waals surface area contributed by atoms with Crippen LogP contribution in [0.15, 0.2) is 0 Å². The minimum atomic E-state index is -0.385. The molecule has 0 spiro atoms. The number of nitrogens with two attached hydrogens (primary N) is 1. The first-order valence-corrected chi connectivity index (χ1v) is 5.08. The van der Waals surface area contributed by atoms with Crippen LogP contribution in [0, 0.1) is 17.8 Å². The molecule has 76 valence electrons. The van der Waals surface area contributed by atoms with Crippen molar-refractivity contribution in [1.29, 1.82) is 0 Å². The molecule has 0 aromatic heterocycles. The summed E-state index contributed by atoms with van der Waals surface area (Å²) in [5.41, 5.74) is 5.15. The fraction of sp³-hybridized carbons (Fsp3) is 0.900. The Balaban J connectivity index is 2.60. The number of hydrogen-bond donors (Lipinski definition) is 2. The van der Waals surface area contributed by atoms with Crippen molar-refractivity contribution in [1.82, 2.24) is 5.32 Å². The number of primary amides is 1. The second-order valence-corrected chi connectivity index (χ2v) is 4.50. The van der Waals surface area contributed by atoms with Gasteiger partial charge >= 0.3 is 6.03 Å². The lowest BCUT2D eigenvalue weighted by Crippen LogP contribution is -2.44. The smallest absolute Gasteiger partial charge is 0.312 e. The minimum absolute atomic E-state index is 0.289. The van der Waals surface area contributed by atoms with Crippen molar-refractivity contribution < 1.29 is 4.79 Å².